The molecule has 0 N–H and O–H groups in total. The molecule has 20 heavy (non-hydrogen) atoms. The van der Waals surface area contributed by atoms with Crippen LogP contribution in [0.3, 0.4) is 0 Å². The van der Waals surface area contributed by atoms with Crippen molar-refractivity contribution in [1.82, 2.24) is 14.5 Å². The third kappa shape index (κ3) is 2.99. The molecule has 0 amide bonds. The Morgan fingerprint density at radius 3 is 2.55 bits per heavy atom. The van der Waals surface area contributed by atoms with E-state index in [9.17, 15) is 0 Å². The summed E-state index contributed by atoms with van der Waals surface area (Å²) >= 11 is 6.05. The molecule has 0 radical (unpaired) electrons. The summed E-state index contributed by atoms with van der Waals surface area (Å²) in [6.45, 7) is 3.34. The van der Waals surface area contributed by atoms with E-state index in [0.29, 0.717) is 0 Å². The molecule has 4 heteroatoms. The SMILES string of the molecule is Cn1c(CN2CCCCCCC2)nc2cc(Cl)ccc21. The predicted molar refractivity (Wildman–Crippen MR) is 84.1 cm³/mol. The quantitative estimate of drug-likeness (QED) is 0.834. The maximum absolute atomic E-state index is 6.05. The largest absolute Gasteiger partial charge is 0.330 e. The molecule has 1 saturated heterocycles. The second-order valence-corrected chi connectivity index (χ2v) is 6.20. The highest BCUT2D eigenvalue weighted by Crippen LogP contribution is 2.21. The molecule has 0 unspecified atom stereocenters. The van der Waals surface area contributed by atoms with Crippen molar-refractivity contribution < 1.29 is 0 Å². The van der Waals surface area contributed by atoms with Crippen molar-refractivity contribution in [3.05, 3.63) is 29.0 Å². The van der Waals surface area contributed by atoms with Crippen molar-refractivity contribution >= 4 is 22.6 Å². The number of halogens is 1. The smallest absolute Gasteiger partial charge is 0.123 e. The molecular weight excluding hydrogens is 270 g/mol. The molecule has 2 heterocycles. The molecular formula is C16H22ClN3. The van der Waals surface area contributed by atoms with Crippen LogP contribution in [0, 0.1) is 0 Å². The minimum atomic E-state index is 0.758. The molecule has 1 aliphatic heterocycles. The summed E-state index contributed by atoms with van der Waals surface area (Å²) in [5, 5.41) is 0.758. The number of rotatable bonds is 2. The normalized spacial score (nSPS) is 18.1. The number of hydrogen-bond acceptors (Lipinski definition) is 2. The lowest BCUT2D eigenvalue weighted by atomic mass is 10.1. The van der Waals surface area contributed by atoms with Gasteiger partial charge in [-0.2, -0.15) is 0 Å². The zero-order valence-electron chi connectivity index (χ0n) is 12.1. The van der Waals surface area contributed by atoms with Gasteiger partial charge in [0.2, 0.25) is 0 Å². The van der Waals surface area contributed by atoms with E-state index >= 15 is 0 Å². The van der Waals surface area contributed by atoms with Gasteiger partial charge in [-0.15, -0.1) is 0 Å². The average Bonchev–Trinajstić information content (AvgIpc) is 2.69. The molecule has 0 spiro atoms. The van der Waals surface area contributed by atoms with Gasteiger partial charge in [0, 0.05) is 12.1 Å². The molecule has 0 saturated carbocycles. The van der Waals surface area contributed by atoms with Crippen LogP contribution in [0.15, 0.2) is 18.2 Å². The number of aromatic nitrogens is 2. The van der Waals surface area contributed by atoms with Crippen molar-refractivity contribution in [3.8, 4) is 0 Å². The Morgan fingerprint density at radius 2 is 1.80 bits per heavy atom. The molecule has 1 aromatic heterocycles. The minimum Gasteiger partial charge on any atom is -0.330 e. The van der Waals surface area contributed by atoms with Crippen LogP contribution in [0.2, 0.25) is 5.02 Å². The molecule has 2 aromatic rings. The molecule has 1 aromatic carbocycles. The van der Waals surface area contributed by atoms with Crippen molar-refractivity contribution in [2.75, 3.05) is 13.1 Å². The maximum Gasteiger partial charge on any atom is 0.123 e. The van der Waals surface area contributed by atoms with E-state index in [1.165, 1.54) is 45.2 Å². The van der Waals surface area contributed by atoms with Crippen LogP contribution in [0.25, 0.3) is 11.0 Å². The summed E-state index contributed by atoms with van der Waals surface area (Å²) in [5.41, 5.74) is 2.17. The van der Waals surface area contributed by atoms with Crippen LogP contribution in [0.4, 0.5) is 0 Å². The summed E-state index contributed by atoms with van der Waals surface area (Å²) in [5.74, 6) is 1.14. The zero-order valence-corrected chi connectivity index (χ0v) is 12.9. The second-order valence-electron chi connectivity index (χ2n) is 5.76. The lowest BCUT2D eigenvalue weighted by molar-refractivity contribution is 0.233. The molecule has 108 valence electrons. The number of imidazole rings is 1. The summed E-state index contributed by atoms with van der Waals surface area (Å²) in [7, 11) is 2.10. The van der Waals surface area contributed by atoms with Crippen LogP contribution in [0.5, 0.6) is 0 Å². The first kappa shape index (κ1) is 13.9. The molecule has 0 atom stereocenters. The van der Waals surface area contributed by atoms with Crippen LogP contribution in [-0.2, 0) is 13.6 Å². The fourth-order valence-electron chi connectivity index (χ4n) is 3.04. The van der Waals surface area contributed by atoms with E-state index in [1.54, 1.807) is 0 Å². The highest BCUT2D eigenvalue weighted by Gasteiger charge is 2.13. The standard InChI is InChI=1S/C16H22ClN3/c1-19-15-8-7-13(17)11-14(15)18-16(19)12-20-9-5-3-2-4-6-10-20/h7-8,11H,2-6,9-10,12H2,1H3. The summed E-state index contributed by atoms with van der Waals surface area (Å²) in [6, 6.07) is 5.95. The highest BCUT2D eigenvalue weighted by atomic mass is 35.5. The summed E-state index contributed by atoms with van der Waals surface area (Å²) in [6.07, 6.45) is 6.77. The van der Waals surface area contributed by atoms with E-state index in [2.05, 4.69) is 22.6 Å². The fraction of sp³-hybridized carbons (Fsp3) is 0.562. The molecule has 1 aliphatic rings. The van der Waals surface area contributed by atoms with Crippen molar-refractivity contribution in [2.45, 2.75) is 38.6 Å². The highest BCUT2D eigenvalue weighted by molar-refractivity contribution is 6.31. The van der Waals surface area contributed by atoms with Gasteiger partial charge >= 0.3 is 0 Å². The van der Waals surface area contributed by atoms with Gasteiger partial charge in [-0.25, -0.2) is 4.98 Å². The topological polar surface area (TPSA) is 21.1 Å². The second kappa shape index (κ2) is 6.15. The molecule has 3 nitrogen and oxygen atoms in total. The summed E-state index contributed by atoms with van der Waals surface area (Å²) in [4.78, 5) is 7.30. The summed E-state index contributed by atoms with van der Waals surface area (Å²) < 4.78 is 2.20. The van der Waals surface area contributed by atoms with E-state index in [-0.39, 0.29) is 0 Å². The minimum absolute atomic E-state index is 0.758. The first-order chi connectivity index (χ1) is 9.74. The number of aryl methyl sites for hydroxylation is 1. The molecule has 0 aliphatic carbocycles. The average molecular weight is 292 g/mol. The number of likely N-dealkylation sites (tertiary alicyclic amines) is 1. The Balaban J connectivity index is 1.80. The number of nitrogens with zero attached hydrogens (tertiary/aromatic N) is 3. The zero-order chi connectivity index (χ0) is 13.9. The third-order valence-electron chi connectivity index (χ3n) is 4.25. The van der Waals surface area contributed by atoms with Gasteiger partial charge in [0.25, 0.3) is 0 Å². The van der Waals surface area contributed by atoms with Gasteiger partial charge in [0.1, 0.15) is 5.82 Å². The number of fused-ring (bicyclic) bond motifs is 1. The van der Waals surface area contributed by atoms with E-state index < -0.39 is 0 Å². The Labute approximate surface area is 125 Å². The van der Waals surface area contributed by atoms with Gasteiger partial charge in [0.05, 0.1) is 17.6 Å². The van der Waals surface area contributed by atoms with E-state index in [0.717, 1.165) is 28.4 Å². The van der Waals surface area contributed by atoms with Gasteiger partial charge in [-0.3, -0.25) is 4.90 Å². The Hall–Kier alpha value is -1.06. The maximum atomic E-state index is 6.05. The first-order valence-corrected chi connectivity index (χ1v) is 7.95. The molecule has 1 fully saturated rings. The Morgan fingerprint density at radius 1 is 1.10 bits per heavy atom. The van der Waals surface area contributed by atoms with Crippen molar-refractivity contribution in [2.24, 2.45) is 7.05 Å². The predicted octanol–water partition coefficient (Wildman–Crippen LogP) is 3.99. The van der Waals surface area contributed by atoms with Crippen LogP contribution in [0.1, 0.15) is 37.9 Å². The number of hydrogen-bond donors (Lipinski definition) is 0. The van der Waals surface area contributed by atoms with Crippen molar-refractivity contribution in [3.63, 3.8) is 0 Å². The fourth-order valence-corrected chi connectivity index (χ4v) is 3.20. The first-order valence-electron chi connectivity index (χ1n) is 7.57. The Bertz CT molecular complexity index is 583. The van der Waals surface area contributed by atoms with Gasteiger partial charge in [0.15, 0.2) is 0 Å². The van der Waals surface area contributed by atoms with Crippen LogP contribution < -0.4 is 0 Å². The lowest BCUT2D eigenvalue weighted by Crippen LogP contribution is -2.28. The van der Waals surface area contributed by atoms with E-state index in [1.807, 2.05) is 12.1 Å². The van der Waals surface area contributed by atoms with Gasteiger partial charge in [-0.05, 0) is 44.1 Å². The number of benzene rings is 1. The van der Waals surface area contributed by atoms with Gasteiger partial charge < -0.3 is 4.57 Å². The molecule has 0 bridgehead atoms. The van der Waals surface area contributed by atoms with Gasteiger partial charge in [-0.1, -0.05) is 30.9 Å². The third-order valence-corrected chi connectivity index (χ3v) is 4.48. The van der Waals surface area contributed by atoms with E-state index in [4.69, 9.17) is 16.6 Å². The molecule has 3 rings (SSSR count). The van der Waals surface area contributed by atoms with Crippen LogP contribution >= 0.6 is 11.6 Å². The monoisotopic (exact) mass is 291 g/mol. The van der Waals surface area contributed by atoms with Crippen molar-refractivity contribution in [1.29, 1.82) is 0 Å². The lowest BCUT2D eigenvalue weighted by Gasteiger charge is -2.24. The van der Waals surface area contributed by atoms with Crippen LogP contribution in [-0.4, -0.2) is 27.5 Å². The Kier molecular flexibility index (Phi) is 4.27.